The Morgan fingerprint density at radius 2 is 2.06 bits per heavy atom. The highest BCUT2D eigenvalue weighted by atomic mass is 16.5. The van der Waals surface area contributed by atoms with E-state index in [2.05, 4.69) is 52.0 Å². The number of hydrogen-bond acceptors (Lipinski definition) is 3. The van der Waals surface area contributed by atoms with Gasteiger partial charge >= 0.3 is 0 Å². The minimum Gasteiger partial charge on any atom is -0.377 e. The van der Waals surface area contributed by atoms with E-state index in [1.54, 1.807) is 0 Å². The predicted molar refractivity (Wildman–Crippen MR) is 78.0 cm³/mol. The Morgan fingerprint density at radius 1 is 1.39 bits per heavy atom. The number of rotatable bonds is 6. The first-order valence-electron chi connectivity index (χ1n) is 7.37. The van der Waals surface area contributed by atoms with Crippen molar-refractivity contribution in [1.29, 1.82) is 0 Å². The van der Waals surface area contributed by atoms with Crippen LogP contribution in [0.1, 0.15) is 47.0 Å². The molecule has 2 atom stereocenters. The summed E-state index contributed by atoms with van der Waals surface area (Å²) in [4.78, 5) is 2.48. The van der Waals surface area contributed by atoms with Gasteiger partial charge in [-0.25, -0.2) is 0 Å². The monoisotopic (exact) mass is 256 g/mol. The molecule has 3 heteroatoms. The van der Waals surface area contributed by atoms with Gasteiger partial charge in [0.2, 0.25) is 0 Å². The fourth-order valence-electron chi connectivity index (χ4n) is 3.27. The molecule has 1 N–H and O–H groups in total. The van der Waals surface area contributed by atoms with Crippen molar-refractivity contribution in [3.05, 3.63) is 0 Å². The summed E-state index contributed by atoms with van der Waals surface area (Å²) >= 11 is 0. The zero-order chi connectivity index (χ0) is 13.8. The van der Waals surface area contributed by atoms with E-state index in [9.17, 15) is 0 Å². The molecule has 18 heavy (non-hydrogen) atoms. The summed E-state index contributed by atoms with van der Waals surface area (Å²) < 4.78 is 5.66. The van der Waals surface area contributed by atoms with Crippen molar-refractivity contribution in [2.75, 3.05) is 27.2 Å². The number of nitrogens with zero attached hydrogens (tertiary/aromatic N) is 1. The zero-order valence-electron chi connectivity index (χ0n) is 13.1. The molecule has 0 radical (unpaired) electrons. The molecule has 0 saturated heterocycles. The van der Waals surface area contributed by atoms with Gasteiger partial charge in [0, 0.05) is 18.6 Å². The summed E-state index contributed by atoms with van der Waals surface area (Å²) in [5, 5.41) is 3.54. The fraction of sp³-hybridized carbons (Fsp3) is 1.00. The summed E-state index contributed by atoms with van der Waals surface area (Å²) in [7, 11) is 4.34. The van der Waals surface area contributed by atoms with Gasteiger partial charge in [-0.3, -0.25) is 4.90 Å². The van der Waals surface area contributed by atoms with E-state index < -0.39 is 0 Å². The van der Waals surface area contributed by atoms with E-state index in [0.29, 0.717) is 23.6 Å². The molecule has 1 fully saturated rings. The molecule has 108 valence electrons. The van der Waals surface area contributed by atoms with Gasteiger partial charge in [-0.2, -0.15) is 0 Å². The lowest BCUT2D eigenvalue weighted by molar-refractivity contribution is 0.0256. The second-order valence-corrected chi connectivity index (χ2v) is 6.61. The molecular formula is C15H32N2O. The molecule has 0 heterocycles. The van der Waals surface area contributed by atoms with Crippen molar-refractivity contribution < 1.29 is 4.74 Å². The van der Waals surface area contributed by atoms with E-state index >= 15 is 0 Å². The van der Waals surface area contributed by atoms with Crippen molar-refractivity contribution >= 4 is 0 Å². The van der Waals surface area contributed by atoms with Crippen molar-refractivity contribution in [3.63, 3.8) is 0 Å². The minimum absolute atomic E-state index is 0.335. The van der Waals surface area contributed by atoms with Gasteiger partial charge in [-0.15, -0.1) is 0 Å². The molecule has 0 spiro atoms. The lowest BCUT2D eigenvalue weighted by atomic mass is 9.70. The van der Waals surface area contributed by atoms with Crippen LogP contribution in [-0.4, -0.2) is 50.3 Å². The topological polar surface area (TPSA) is 24.5 Å². The average Bonchev–Trinajstić information content (AvgIpc) is 2.26. The van der Waals surface area contributed by atoms with E-state index in [1.165, 1.54) is 19.3 Å². The first-order valence-corrected chi connectivity index (χ1v) is 7.37. The van der Waals surface area contributed by atoms with Gasteiger partial charge in [0.25, 0.3) is 0 Å². The van der Waals surface area contributed by atoms with Gasteiger partial charge in [-0.05, 0) is 46.2 Å². The molecular weight excluding hydrogens is 224 g/mol. The molecule has 0 bridgehead atoms. The van der Waals surface area contributed by atoms with Gasteiger partial charge in [0.1, 0.15) is 0 Å². The smallest absolute Gasteiger partial charge is 0.0596 e. The third kappa shape index (κ3) is 4.22. The largest absolute Gasteiger partial charge is 0.377 e. The number of likely N-dealkylation sites (N-methyl/N-ethyl adjacent to an activating group) is 2. The van der Waals surface area contributed by atoms with Gasteiger partial charge < -0.3 is 10.1 Å². The summed E-state index contributed by atoms with van der Waals surface area (Å²) in [6, 6.07) is 1.21. The van der Waals surface area contributed by atoms with Crippen LogP contribution in [0.4, 0.5) is 0 Å². The van der Waals surface area contributed by atoms with Gasteiger partial charge in [0.05, 0.1) is 12.7 Å². The highest BCUT2D eigenvalue weighted by molar-refractivity contribution is 4.96. The molecule has 2 unspecified atom stereocenters. The molecule has 3 nitrogen and oxygen atoms in total. The highest BCUT2D eigenvalue weighted by Gasteiger charge is 2.39. The summed E-state index contributed by atoms with van der Waals surface area (Å²) in [6.45, 7) is 10.8. The predicted octanol–water partition coefficient (Wildman–Crippen LogP) is 2.51. The van der Waals surface area contributed by atoms with Crippen LogP contribution in [0.2, 0.25) is 0 Å². The van der Waals surface area contributed by atoms with Crippen molar-refractivity contribution in [2.45, 2.75) is 65.1 Å². The van der Waals surface area contributed by atoms with E-state index in [0.717, 1.165) is 13.2 Å². The molecule has 0 aromatic rings. The van der Waals surface area contributed by atoms with Gasteiger partial charge in [-0.1, -0.05) is 20.3 Å². The number of hydrogen-bond donors (Lipinski definition) is 1. The Balaban J connectivity index is 2.51. The van der Waals surface area contributed by atoms with Crippen molar-refractivity contribution in [1.82, 2.24) is 10.2 Å². The molecule has 1 saturated carbocycles. The van der Waals surface area contributed by atoms with Crippen LogP contribution in [0.3, 0.4) is 0 Å². The Kier molecular flexibility index (Phi) is 6.09. The summed E-state index contributed by atoms with van der Waals surface area (Å²) in [5.74, 6) is 0. The zero-order valence-corrected chi connectivity index (χ0v) is 13.1. The van der Waals surface area contributed by atoms with Crippen molar-refractivity contribution in [3.8, 4) is 0 Å². The lowest BCUT2D eigenvalue weighted by Gasteiger charge is -2.47. The first kappa shape index (κ1) is 15.9. The second kappa shape index (κ2) is 6.88. The second-order valence-electron chi connectivity index (χ2n) is 6.61. The maximum absolute atomic E-state index is 5.66. The standard InChI is InChI=1S/C15H32N2O/c1-12(2)18-11-10-17(6)13-8-7-9-15(3,4)14(13)16-5/h12-14,16H,7-11H2,1-6H3. The SMILES string of the molecule is CNC1C(N(C)CCOC(C)C)CCCC1(C)C. The van der Waals surface area contributed by atoms with E-state index in [4.69, 9.17) is 4.74 Å². The third-order valence-electron chi connectivity index (χ3n) is 4.32. The van der Waals surface area contributed by atoms with Crippen LogP contribution in [0.5, 0.6) is 0 Å². The minimum atomic E-state index is 0.335. The maximum Gasteiger partial charge on any atom is 0.0596 e. The quantitative estimate of drug-likeness (QED) is 0.790. The van der Waals surface area contributed by atoms with Crippen LogP contribution in [0.25, 0.3) is 0 Å². The molecule has 1 aliphatic rings. The molecule has 1 aliphatic carbocycles. The molecule has 0 aliphatic heterocycles. The molecule has 0 aromatic carbocycles. The average molecular weight is 256 g/mol. The van der Waals surface area contributed by atoms with E-state index in [1.807, 2.05) is 0 Å². The molecule has 0 amide bonds. The highest BCUT2D eigenvalue weighted by Crippen LogP contribution is 2.37. The van der Waals surface area contributed by atoms with Crippen LogP contribution in [0, 0.1) is 5.41 Å². The summed E-state index contributed by atoms with van der Waals surface area (Å²) in [6.07, 6.45) is 4.30. The Hall–Kier alpha value is -0.120. The van der Waals surface area contributed by atoms with Crippen LogP contribution in [-0.2, 0) is 4.74 Å². The Labute approximate surface area is 113 Å². The lowest BCUT2D eigenvalue weighted by Crippen LogP contribution is -2.57. The van der Waals surface area contributed by atoms with Gasteiger partial charge in [0.15, 0.2) is 0 Å². The van der Waals surface area contributed by atoms with E-state index in [-0.39, 0.29) is 0 Å². The Morgan fingerprint density at radius 3 is 2.61 bits per heavy atom. The molecule has 1 rings (SSSR count). The fourth-order valence-corrected chi connectivity index (χ4v) is 3.27. The molecule has 0 aromatic heterocycles. The summed E-state index contributed by atoms with van der Waals surface area (Å²) in [5.41, 5.74) is 0.394. The maximum atomic E-state index is 5.66. The van der Waals surface area contributed by atoms with Crippen molar-refractivity contribution in [2.24, 2.45) is 5.41 Å². The van der Waals surface area contributed by atoms with Crippen LogP contribution < -0.4 is 5.32 Å². The number of ether oxygens (including phenoxy) is 1. The third-order valence-corrected chi connectivity index (χ3v) is 4.32. The van der Waals surface area contributed by atoms with Crippen LogP contribution >= 0.6 is 0 Å². The first-order chi connectivity index (χ1) is 8.38. The Bertz CT molecular complexity index is 241. The normalized spacial score (nSPS) is 28.0. The van der Waals surface area contributed by atoms with Crippen LogP contribution in [0.15, 0.2) is 0 Å². The number of nitrogens with one attached hydrogen (secondary N) is 1.